The van der Waals surface area contributed by atoms with E-state index >= 15 is 0 Å². The summed E-state index contributed by atoms with van der Waals surface area (Å²) in [6.07, 6.45) is -0.858. The molecule has 1 saturated heterocycles. The summed E-state index contributed by atoms with van der Waals surface area (Å²) in [6, 6.07) is 7.89. The normalized spacial score (nSPS) is 24.7. The van der Waals surface area contributed by atoms with Gasteiger partial charge < -0.3 is 10.4 Å². The van der Waals surface area contributed by atoms with Crippen molar-refractivity contribution in [1.82, 2.24) is 10.2 Å². The Kier molecular flexibility index (Phi) is 3.69. The third kappa shape index (κ3) is 2.79. The van der Waals surface area contributed by atoms with Crippen molar-refractivity contribution >= 4 is 22.0 Å². The van der Waals surface area contributed by atoms with E-state index in [1.165, 1.54) is 4.90 Å². The lowest BCUT2D eigenvalue weighted by Gasteiger charge is -2.37. The fraction of sp³-hybridized carbons (Fsp3) is 0.417. The van der Waals surface area contributed by atoms with Crippen molar-refractivity contribution in [3.63, 3.8) is 0 Å². The van der Waals surface area contributed by atoms with Gasteiger partial charge in [0.05, 0.1) is 6.04 Å². The SMILES string of the molecule is C[C@@H]1CN(C(=O)O)[C@@H](c2cccc(Br)c2)CN1. The maximum absolute atomic E-state index is 11.3. The van der Waals surface area contributed by atoms with Gasteiger partial charge in [0, 0.05) is 23.6 Å². The monoisotopic (exact) mass is 298 g/mol. The van der Waals surface area contributed by atoms with Crippen LogP contribution < -0.4 is 5.32 Å². The van der Waals surface area contributed by atoms with E-state index in [1.54, 1.807) is 0 Å². The highest BCUT2D eigenvalue weighted by Gasteiger charge is 2.30. The Hall–Kier alpha value is -1.07. The molecule has 0 unspecified atom stereocenters. The summed E-state index contributed by atoms with van der Waals surface area (Å²) in [4.78, 5) is 12.8. The van der Waals surface area contributed by atoms with Gasteiger partial charge in [-0.25, -0.2) is 4.79 Å². The number of carbonyl (C=O) groups is 1. The number of hydrogen-bond acceptors (Lipinski definition) is 2. The minimum Gasteiger partial charge on any atom is -0.465 e. The molecule has 2 N–H and O–H groups in total. The minimum atomic E-state index is -0.858. The fourth-order valence-electron chi connectivity index (χ4n) is 2.13. The van der Waals surface area contributed by atoms with Crippen LogP contribution >= 0.6 is 15.9 Å². The number of piperazine rings is 1. The van der Waals surface area contributed by atoms with Crippen molar-refractivity contribution in [2.75, 3.05) is 13.1 Å². The fourth-order valence-corrected chi connectivity index (χ4v) is 2.55. The molecule has 1 aromatic rings. The molecule has 1 amide bonds. The van der Waals surface area contributed by atoms with Gasteiger partial charge in [0.2, 0.25) is 0 Å². The second-order valence-corrected chi connectivity index (χ2v) is 5.23. The third-order valence-electron chi connectivity index (χ3n) is 2.99. The Balaban J connectivity index is 2.26. The van der Waals surface area contributed by atoms with Crippen LogP contribution in [0, 0.1) is 0 Å². The predicted octanol–water partition coefficient (Wildman–Crippen LogP) is 2.46. The Labute approximate surface area is 109 Å². The van der Waals surface area contributed by atoms with Crippen molar-refractivity contribution in [1.29, 1.82) is 0 Å². The Morgan fingerprint density at radius 2 is 2.35 bits per heavy atom. The van der Waals surface area contributed by atoms with Gasteiger partial charge in [-0.15, -0.1) is 0 Å². The Bertz CT molecular complexity index is 425. The van der Waals surface area contributed by atoms with Crippen molar-refractivity contribution in [3.05, 3.63) is 34.3 Å². The molecule has 1 heterocycles. The first-order valence-electron chi connectivity index (χ1n) is 5.56. The summed E-state index contributed by atoms with van der Waals surface area (Å²) in [5.74, 6) is 0. The van der Waals surface area contributed by atoms with Gasteiger partial charge in [-0.2, -0.15) is 0 Å². The average Bonchev–Trinajstić information content (AvgIpc) is 2.28. The number of amides is 1. The van der Waals surface area contributed by atoms with Gasteiger partial charge in [-0.1, -0.05) is 28.1 Å². The van der Waals surface area contributed by atoms with E-state index in [2.05, 4.69) is 21.2 Å². The highest BCUT2D eigenvalue weighted by atomic mass is 79.9. The van der Waals surface area contributed by atoms with E-state index in [4.69, 9.17) is 0 Å². The van der Waals surface area contributed by atoms with E-state index in [0.29, 0.717) is 13.1 Å². The molecule has 0 aliphatic carbocycles. The molecule has 1 aliphatic rings. The lowest BCUT2D eigenvalue weighted by Crippen LogP contribution is -2.52. The van der Waals surface area contributed by atoms with Gasteiger partial charge in [0.15, 0.2) is 0 Å². The molecule has 1 aromatic carbocycles. The molecular weight excluding hydrogens is 284 g/mol. The molecule has 0 saturated carbocycles. The van der Waals surface area contributed by atoms with Crippen molar-refractivity contribution < 1.29 is 9.90 Å². The molecule has 17 heavy (non-hydrogen) atoms. The zero-order valence-electron chi connectivity index (χ0n) is 9.56. The van der Waals surface area contributed by atoms with E-state index in [0.717, 1.165) is 10.0 Å². The number of hydrogen-bond donors (Lipinski definition) is 2. The first-order valence-corrected chi connectivity index (χ1v) is 6.35. The Morgan fingerprint density at radius 3 is 3.00 bits per heavy atom. The largest absolute Gasteiger partial charge is 0.465 e. The van der Waals surface area contributed by atoms with Crippen LogP contribution in [0.15, 0.2) is 28.7 Å². The van der Waals surface area contributed by atoms with Crippen LogP contribution in [0.25, 0.3) is 0 Å². The molecule has 1 fully saturated rings. The van der Waals surface area contributed by atoms with Crippen LogP contribution in [-0.4, -0.2) is 35.2 Å². The maximum Gasteiger partial charge on any atom is 0.407 e. The maximum atomic E-state index is 11.3. The van der Waals surface area contributed by atoms with Crippen molar-refractivity contribution in [2.45, 2.75) is 19.0 Å². The summed E-state index contributed by atoms with van der Waals surface area (Å²) in [5.41, 5.74) is 1.01. The molecule has 0 aromatic heterocycles. The second-order valence-electron chi connectivity index (χ2n) is 4.32. The molecule has 2 atom stereocenters. The lowest BCUT2D eigenvalue weighted by molar-refractivity contribution is 0.101. The van der Waals surface area contributed by atoms with E-state index < -0.39 is 6.09 Å². The minimum absolute atomic E-state index is 0.110. The zero-order valence-corrected chi connectivity index (χ0v) is 11.1. The summed E-state index contributed by atoms with van der Waals surface area (Å²) in [6.45, 7) is 3.17. The number of rotatable bonds is 1. The molecule has 1 aliphatic heterocycles. The topological polar surface area (TPSA) is 52.6 Å². The number of benzene rings is 1. The smallest absolute Gasteiger partial charge is 0.407 e. The summed E-state index contributed by atoms with van der Waals surface area (Å²) < 4.78 is 0.971. The highest BCUT2D eigenvalue weighted by Crippen LogP contribution is 2.25. The van der Waals surface area contributed by atoms with Crippen molar-refractivity contribution in [3.8, 4) is 0 Å². The quantitative estimate of drug-likeness (QED) is 0.837. The number of nitrogens with zero attached hydrogens (tertiary/aromatic N) is 1. The highest BCUT2D eigenvalue weighted by molar-refractivity contribution is 9.10. The average molecular weight is 299 g/mol. The first-order chi connectivity index (χ1) is 8.08. The summed E-state index contributed by atoms with van der Waals surface area (Å²) in [7, 11) is 0. The number of carboxylic acid groups (broad SMARTS) is 1. The molecule has 2 rings (SSSR count). The summed E-state index contributed by atoms with van der Waals surface area (Å²) in [5, 5.41) is 12.6. The predicted molar refractivity (Wildman–Crippen MR) is 69.1 cm³/mol. The van der Waals surface area contributed by atoms with E-state index in [-0.39, 0.29) is 12.1 Å². The Morgan fingerprint density at radius 1 is 1.59 bits per heavy atom. The molecule has 0 radical (unpaired) electrons. The van der Waals surface area contributed by atoms with E-state index in [1.807, 2.05) is 31.2 Å². The van der Waals surface area contributed by atoms with Gasteiger partial charge >= 0.3 is 6.09 Å². The molecular formula is C12H15BrN2O2. The van der Waals surface area contributed by atoms with Crippen LogP contribution in [0.3, 0.4) is 0 Å². The van der Waals surface area contributed by atoms with Gasteiger partial charge in [-0.05, 0) is 24.6 Å². The molecule has 92 valence electrons. The van der Waals surface area contributed by atoms with Crippen LogP contribution in [0.5, 0.6) is 0 Å². The lowest BCUT2D eigenvalue weighted by atomic mass is 10.0. The zero-order chi connectivity index (χ0) is 12.4. The molecule has 5 heteroatoms. The standard InChI is InChI=1S/C12H15BrN2O2/c1-8-7-15(12(16)17)11(6-14-8)9-3-2-4-10(13)5-9/h2-5,8,11,14H,6-7H2,1H3,(H,16,17)/t8-,11-/m1/s1. The van der Waals surface area contributed by atoms with Crippen molar-refractivity contribution in [2.24, 2.45) is 0 Å². The first kappa shape index (κ1) is 12.4. The second kappa shape index (κ2) is 5.06. The van der Waals surface area contributed by atoms with Gasteiger partial charge in [0.1, 0.15) is 0 Å². The van der Waals surface area contributed by atoms with Gasteiger partial charge in [-0.3, -0.25) is 4.90 Å². The van der Waals surface area contributed by atoms with Crippen LogP contribution in [-0.2, 0) is 0 Å². The number of halogens is 1. The molecule has 0 spiro atoms. The van der Waals surface area contributed by atoms with Crippen LogP contribution in [0.2, 0.25) is 0 Å². The molecule has 0 bridgehead atoms. The van der Waals surface area contributed by atoms with Crippen LogP contribution in [0.1, 0.15) is 18.5 Å². The molecule has 4 nitrogen and oxygen atoms in total. The van der Waals surface area contributed by atoms with Gasteiger partial charge in [0.25, 0.3) is 0 Å². The number of nitrogens with one attached hydrogen (secondary N) is 1. The van der Waals surface area contributed by atoms with Crippen LogP contribution in [0.4, 0.5) is 4.79 Å². The van der Waals surface area contributed by atoms with E-state index in [9.17, 15) is 9.90 Å². The third-order valence-corrected chi connectivity index (χ3v) is 3.48. The summed E-state index contributed by atoms with van der Waals surface area (Å²) >= 11 is 3.41.